The van der Waals surface area contributed by atoms with Crippen LogP contribution in [0.4, 0.5) is 13.2 Å². The minimum absolute atomic E-state index is 0.0553. The fourth-order valence-electron chi connectivity index (χ4n) is 3.01. The normalized spacial score (nSPS) is 15.8. The largest absolute Gasteiger partial charge is 0.483 e. The third-order valence-electron chi connectivity index (χ3n) is 4.57. The molecule has 0 bridgehead atoms. The van der Waals surface area contributed by atoms with E-state index in [0.29, 0.717) is 5.02 Å². The van der Waals surface area contributed by atoms with Gasteiger partial charge in [0.15, 0.2) is 6.61 Å². The highest BCUT2D eigenvalue weighted by atomic mass is 35.5. The Hall–Kier alpha value is -2.30. The first-order chi connectivity index (χ1) is 14.1. The number of hydrogen-bond acceptors (Lipinski definition) is 4. The molecule has 1 aliphatic heterocycles. The van der Waals surface area contributed by atoms with Crippen molar-refractivity contribution >= 4 is 27.5 Å². The van der Waals surface area contributed by atoms with Crippen molar-refractivity contribution in [1.29, 1.82) is 0 Å². The van der Waals surface area contributed by atoms with Crippen molar-refractivity contribution in [2.24, 2.45) is 0 Å². The van der Waals surface area contributed by atoms with Gasteiger partial charge in [-0.05, 0) is 30.3 Å². The molecule has 0 aliphatic carbocycles. The van der Waals surface area contributed by atoms with Gasteiger partial charge in [0.2, 0.25) is 10.0 Å². The fourth-order valence-corrected chi connectivity index (χ4v) is 4.74. The second-order valence-electron chi connectivity index (χ2n) is 6.52. The Kier molecular flexibility index (Phi) is 6.59. The van der Waals surface area contributed by atoms with Crippen LogP contribution >= 0.6 is 11.6 Å². The number of alkyl halides is 3. The van der Waals surface area contributed by atoms with E-state index in [1.54, 1.807) is 6.07 Å². The maximum atomic E-state index is 13.0. The molecule has 0 N–H and O–H groups in total. The van der Waals surface area contributed by atoms with Crippen LogP contribution in [0.5, 0.6) is 5.75 Å². The van der Waals surface area contributed by atoms with Gasteiger partial charge in [-0.3, -0.25) is 4.79 Å². The Labute approximate surface area is 176 Å². The van der Waals surface area contributed by atoms with Gasteiger partial charge in [0.1, 0.15) is 5.75 Å². The first kappa shape index (κ1) is 22.4. The minimum Gasteiger partial charge on any atom is -0.483 e. The van der Waals surface area contributed by atoms with E-state index in [2.05, 4.69) is 0 Å². The predicted octanol–water partition coefficient (Wildman–Crippen LogP) is 3.27. The molecule has 0 atom stereocenters. The Balaban J connectivity index is 1.59. The van der Waals surface area contributed by atoms with E-state index in [0.717, 1.165) is 12.1 Å². The molecule has 30 heavy (non-hydrogen) atoms. The second-order valence-corrected chi connectivity index (χ2v) is 8.90. The summed E-state index contributed by atoms with van der Waals surface area (Å²) in [5, 5.41) is 0.293. The highest BCUT2D eigenvalue weighted by molar-refractivity contribution is 7.89. The first-order valence-corrected chi connectivity index (χ1v) is 10.7. The number of piperazine rings is 1. The van der Waals surface area contributed by atoms with E-state index in [4.69, 9.17) is 16.3 Å². The monoisotopic (exact) mass is 462 g/mol. The van der Waals surface area contributed by atoms with Gasteiger partial charge < -0.3 is 9.64 Å². The van der Waals surface area contributed by atoms with Crippen molar-refractivity contribution in [2.45, 2.75) is 11.1 Å². The molecule has 1 aliphatic rings. The third-order valence-corrected chi connectivity index (χ3v) is 6.70. The fraction of sp³-hybridized carbons (Fsp3) is 0.316. The summed E-state index contributed by atoms with van der Waals surface area (Å²) < 4.78 is 70.7. The Morgan fingerprint density at radius 1 is 1.03 bits per heavy atom. The smallest absolute Gasteiger partial charge is 0.419 e. The molecule has 0 radical (unpaired) electrons. The standard InChI is InChI=1S/C19H18ClF3N2O4S/c20-14-4-3-5-15(12-14)30(27,28)25-10-8-24(9-11-25)18(26)13-29-17-7-2-1-6-16(17)19(21,22)23/h1-7,12H,8-11,13H2. The van der Waals surface area contributed by atoms with Crippen molar-refractivity contribution < 1.29 is 31.1 Å². The molecule has 2 aromatic carbocycles. The molecule has 1 fully saturated rings. The van der Waals surface area contributed by atoms with Gasteiger partial charge in [0.05, 0.1) is 10.5 Å². The van der Waals surface area contributed by atoms with Crippen molar-refractivity contribution in [2.75, 3.05) is 32.8 Å². The number of nitrogens with zero attached hydrogens (tertiary/aromatic N) is 2. The molecule has 0 aromatic heterocycles. The Bertz CT molecular complexity index is 1020. The lowest BCUT2D eigenvalue weighted by molar-refractivity contribution is -0.141. The van der Waals surface area contributed by atoms with Crippen LogP contribution in [0.15, 0.2) is 53.4 Å². The number of para-hydroxylation sites is 1. The van der Waals surface area contributed by atoms with Crippen LogP contribution in [0.2, 0.25) is 5.02 Å². The van der Waals surface area contributed by atoms with Crippen LogP contribution in [-0.4, -0.2) is 56.3 Å². The summed E-state index contributed by atoms with van der Waals surface area (Å²) in [4.78, 5) is 13.8. The van der Waals surface area contributed by atoms with Gasteiger partial charge in [-0.2, -0.15) is 17.5 Å². The first-order valence-electron chi connectivity index (χ1n) is 8.91. The predicted molar refractivity (Wildman–Crippen MR) is 104 cm³/mol. The summed E-state index contributed by atoms with van der Waals surface area (Å²) in [6.07, 6.45) is -4.60. The molecule has 3 rings (SSSR count). The van der Waals surface area contributed by atoms with Gasteiger partial charge in [-0.1, -0.05) is 29.8 Å². The molecule has 1 heterocycles. The van der Waals surface area contributed by atoms with Crippen LogP contribution in [-0.2, 0) is 21.0 Å². The lowest BCUT2D eigenvalue weighted by Gasteiger charge is -2.34. The number of benzene rings is 2. The zero-order chi connectivity index (χ0) is 21.9. The average molecular weight is 463 g/mol. The maximum absolute atomic E-state index is 13.0. The molecule has 162 valence electrons. The van der Waals surface area contributed by atoms with Gasteiger partial charge in [0, 0.05) is 31.2 Å². The SMILES string of the molecule is O=C(COc1ccccc1C(F)(F)F)N1CCN(S(=O)(=O)c2cccc(Cl)c2)CC1. The Morgan fingerprint density at radius 3 is 2.33 bits per heavy atom. The molecular formula is C19H18ClF3N2O4S. The molecule has 11 heteroatoms. The number of halogens is 4. The number of carbonyl (C=O) groups excluding carboxylic acids is 1. The summed E-state index contributed by atoms with van der Waals surface area (Å²) in [6, 6.07) is 10.5. The zero-order valence-electron chi connectivity index (χ0n) is 15.6. The highest BCUT2D eigenvalue weighted by Gasteiger charge is 2.35. The quantitative estimate of drug-likeness (QED) is 0.684. The van der Waals surface area contributed by atoms with Crippen LogP contribution in [0.25, 0.3) is 0 Å². The van der Waals surface area contributed by atoms with Crippen LogP contribution in [0.1, 0.15) is 5.56 Å². The molecule has 1 amide bonds. The number of carbonyl (C=O) groups is 1. The third kappa shape index (κ3) is 5.05. The van der Waals surface area contributed by atoms with E-state index in [1.807, 2.05) is 0 Å². The van der Waals surface area contributed by atoms with Crippen molar-refractivity contribution in [3.8, 4) is 5.75 Å². The molecule has 0 saturated carbocycles. The van der Waals surface area contributed by atoms with Gasteiger partial charge in [0.25, 0.3) is 5.91 Å². The van der Waals surface area contributed by atoms with Crippen molar-refractivity contribution in [3.63, 3.8) is 0 Å². The molecule has 1 saturated heterocycles. The second kappa shape index (κ2) is 8.83. The van der Waals surface area contributed by atoms with Crippen molar-refractivity contribution in [3.05, 3.63) is 59.1 Å². The van der Waals surface area contributed by atoms with Crippen LogP contribution in [0, 0.1) is 0 Å². The molecule has 0 spiro atoms. The molecule has 0 unspecified atom stereocenters. The summed E-state index contributed by atoms with van der Waals surface area (Å²) in [5.74, 6) is -0.952. The number of amides is 1. The number of rotatable bonds is 5. The summed E-state index contributed by atoms with van der Waals surface area (Å²) in [5.41, 5.74) is -0.963. The molecular weight excluding hydrogens is 445 g/mol. The van der Waals surface area contributed by atoms with Gasteiger partial charge >= 0.3 is 6.18 Å². The van der Waals surface area contributed by atoms with E-state index < -0.39 is 40.0 Å². The lowest BCUT2D eigenvalue weighted by atomic mass is 10.2. The molecule has 2 aromatic rings. The average Bonchev–Trinajstić information content (AvgIpc) is 2.71. The van der Waals surface area contributed by atoms with Crippen molar-refractivity contribution in [1.82, 2.24) is 9.21 Å². The van der Waals surface area contributed by atoms with E-state index in [-0.39, 0.29) is 31.1 Å². The van der Waals surface area contributed by atoms with E-state index >= 15 is 0 Å². The number of sulfonamides is 1. The summed E-state index contributed by atoms with van der Waals surface area (Å²) >= 11 is 5.86. The topological polar surface area (TPSA) is 66.9 Å². The van der Waals surface area contributed by atoms with E-state index in [1.165, 1.54) is 39.5 Å². The maximum Gasteiger partial charge on any atom is 0.419 e. The number of hydrogen-bond donors (Lipinski definition) is 0. The zero-order valence-corrected chi connectivity index (χ0v) is 17.2. The highest BCUT2D eigenvalue weighted by Crippen LogP contribution is 2.35. The molecule has 6 nitrogen and oxygen atoms in total. The van der Waals surface area contributed by atoms with Crippen LogP contribution in [0.3, 0.4) is 0 Å². The number of ether oxygens (including phenoxy) is 1. The Morgan fingerprint density at radius 2 is 1.70 bits per heavy atom. The lowest BCUT2D eigenvalue weighted by Crippen LogP contribution is -2.51. The summed E-state index contributed by atoms with van der Waals surface area (Å²) in [6.45, 7) is -0.264. The minimum atomic E-state index is -4.60. The summed E-state index contributed by atoms with van der Waals surface area (Å²) in [7, 11) is -3.76. The van der Waals surface area contributed by atoms with Gasteiger partial charge in [-0.15, -0.1) is 0 Å². The van der Waals surface area contributed by atoms with Gasteiger partial charge in [-0.25, -0.2) is 8.42 Å². The van der Waals surface area contributed by atoms with Crippen LogP contribution < -0.4 is 4.74 Å². The van der Waals surface area contributed by atoms with E-state index in [9.17, 15) is 26.4 Å².